The number of carbonyl (C=O) groups excluding carboxylic acids is 3. The fourth-order valence-electron chi connectivity index (χ4n) is 2.09. The maximum Gasteiger partial charge on any atom is 0.337 e. The third kappa shape index (κ3) is 4.45. The summed E-state index contributed by atoms with van der Waals surface area (Å²) in [5.41, 5.74) is 0.589. The topological polar surface area (TPSA) is 94.8 Å². The molecule has 0 unspecified atom stereocenters. The number of hydrogen-bond acceptors (Lipinski definition) is 6. The van der Waals surface area contributed by atoms with E-state index in [0.29, 0.717) is 17.9 Å². The molecule has 7 nitrogen and oxygen atoms in total. The van der Waals surface area contributed by atoms with Gasteiger partial charge in [0.2, 0.25) is 5.91 Å². The van der Waals surface area contributed by atoms with Crippen molar-refractivity contribution in [3.8, 4) is 0 Å². The maximum atomic E-state index is 12.0. The number of carbonyl (C=O) groups is 3. The number of furan rings is 1. The molecular formula is C17H17NO6. The maximum absolute atomic E-state index is 12.0. The van der Waals surface area contributed by atoms with E-state index in [0.717, 1.165) is 0 Å². The third-order valence-electron chi connectivity index (χ3n) is 3.24. The van der Waals surface area contributed by atoms with Gasteiger partial charge in [0, 0.05) is 18.5 Å². The van der Waals surface area contributed by atoms with Crippen molar-refractivity contribution in [1.29, 1.82) is 0 Å². The molecule has 0 saturated heterocycles. The molecule has 0 spiro atoms. The Hall–Kier alpha value is -3.09. The molecule has 1 amide bonds. The molecule has 0 radical (unpaired) electrons. The van der Waals surface area contributed by atoms with Crippen LogP contribution in [-0.2, 0) is 20.7 Å². The zero-order chi connectivity index (χ0) is 17.5. The second-order valence-corrected chi connectivity index (χ2v) is 4.91. The highest BCUT2D eigenvalue weighted by Gasteiger charge is 2.15. The molecule has 1 heterocycles. The van der Waals surface area contributed by atoms with E-state index in [1.807, 2.05) is 0 Å². The van der Waals surface area contributed by atoms with Crippen molar-refractivity contribution in [3.63, 3.8) is 0 Å². The number of aryl methyl sites for hydroxylation is 1. The summed E-state index contributed by atoms with van der Waals surface area (Å²) < 4.78 is 14.5. The predicted octanol–water partition coefficient (Wildman–Crippen LogP) is 2.42. The second kappa shape index (κ2) is 7.96. The molecule has 1 aromatic carbocycles. The lowest BCUT2D eigenvalue weighted by Gasteiger charge is -2.09. The number of methoxy groups -OCH3 is 2. The molecule has 2 rings (SSSR count). The molecular weight excluding hydrogens is 314 g/mol. The Morgan fingerprint density at radius 2 is 1.67 bits per heavy atom. The van der Waals surface area contributed by atoms with Crippen LogP contribution >= 0.6 is 0 Å². The molecule has 0 fully saturated rings. The van der Waals surface area contributed by atoms with Gasteiger partial charge in [-0.05, 0) is 30.3 Å². The summed E-state index contributed by atoms with van der Waals surface area (Å²) >= 11 is 0. The van der Waals surface area contributed by atoms with Gasteiger partial charge in [0.05, 0.1) is 31.6 Å². The van der Waals surface area contributed by atoms with Gasteiger partial charge in [-0.1, -0.05) is 0 Å². The van der Waals surface area contributed by atoms with Gasteiger partial charge >= 0.3 is 11.9 Å². The second-order valence-electron chi connectivity index (χ2n) is 4.91. The highest BCUT2D eigenvalue weighted by molar-refractivity contribution is 5.99. The number of nitrogens with one attached hydrogen (secondary N) is 1. The lowest BCUT2D eigenvalue weighted by Crippen LogP contribution is -2.14. The Morgan fingerprint density at radius 3 is 2.17 bits per heavy atom. The van der Waals surface area contributed by atoms with Crippen molar-refractivity contribution >= 4 is 23.5 Å². The van der Waals surface area contributed by atoms with E-state index in [4.69, 9.17) is 4.42 Å². The molecule has 7 heteroatoms. The van der Waals surface area contributed by atoms with Crippen LogP contribution in [0.3, 0.4) is 0 Å². The number of ether oxygens (including phenoxy) is 2. The molecule has 0 aliphatic rings. The van der Waals surface area contributed by atoms with Crippen molar-refractivity contribution in [2.45, 2.75) is 12.8 Å². The first-order chi connectivity index (χ1) is 11.5. The zero-order valence-corrected chi connectivity index (χ0v) is 13.3. The molecule has 24 heavy (non-hydrogen) atoms. The lowest BCUT2D eigenvalue weighted by molar-refractivity contribution is -0.116. The third-order valence-corrected chi connectivity index (χ3v) is 3.24. The number of hydrogen-bond donors (Lipinski definition) is 1. The van der Waals surface area contributed by atoms with Gasteiger partial charge in [-0.25, -0.2) is 9.59 Å². The van der Waals surface area contributed by atoms with Crippen molar-refractivity contribution in [2.75, 3.05) is 19.5 Å². The van der Waals surface area contributed by atoms with Gasteiger partial charge in [0.1, 0.15) is 5.76 Å². The number of rotatable bonds is 6. The van der Waals surface area contributed by atoms with E-state index in [1.165, 1.54) is 38.7 Å². The molecule has 0 atom stereocenters. The van der Waals surface area contributed by atoms with Gasteiger partial charge < -0.3 is 19.2 Å². The number of esters is 2. The fourth-order valence-corrected chi connectivity index (χ4v) is 2.09. The number of anilines is 1. The molecule has 0 saturated carbocycles. The van der Waals surface area contributed by atoms with Gasteiger partial charge in [-0.15, -0.1) is 0 Å². The zero-order valence-electron chi connectivity index (χ0n) is 13.3. The Labute approximate surface area is 138 Å². The summed E-state index contributed by atoms with van der Waals surface area (Å²) in [5.74, 6) is -0.813. The minimum absolute atomic E-state index is 0.140. The van der Waals surface area contributed by atoms with E-state index in [2.05, 4.69) is 14.8 Å². The van der Waals surface area contributed by atoms with Gasteiger partial charge in [0.25, 0.3) is 0 Å². The van der Waals surface area contributed by atoms with E-state index >= 15 is 0 Å². The summed E-state index contributed by atoms with van der Waals surface area (Å²) in [6.07, 6.45) is 2.18. The summed E-state index contributed by atoms with van der Waals surface area (Å²) in [6, 6.07) is 7.73. The average molecular weight is 331 g/mol. The van der Waals surface area contributed by atoms with Crippen LogP contribution in [0.2, 0.25) is 0 Å². The monoisotopic (exact) mass is 331 g/mol. The first-order valence-corrected chi connectivity index (χ1v) is 7.17. The normalized spacial score (nSPS) is 10.1. The van der Waals surface area contributed by atoms with Gasteiger partial charge in [-0.2, -0.15) is 0 Å². The largest absolute Gasteiger partial charge is 0.469 e. The van der Waals surface area contributed by atoms with E-state index in [9.17, 15) is 14.4 Å². The quantitative estimate of drug-likeness (QED) is 0.817. The van der Waals surface area contributed by atoms with Crippen molar-refractivity contribution < 1.29 is 28.3 Å². The minimum atomic E-state index is -0.619. The van der Waals surface area contributed by atoms with Crippen LogP contribution in [-0.4, -0.2) is 32.1 Å². The summed E-state index contributed by atoms with van der Waals surface area (Å²) in [6.45, 7) is 0. The fraction of sp³-hybridized carbons (Fsp3) is 0.235. The Bertz CT molecular complexity index is 701. The Balaban J connectivity index is 2.13. The van der Waals surface area contributed by atoms with Crippen LogP contribution in [0.4, 0.5) is 5.69 Å². The molecule has 126 valence electrons. The van der Waals surface area contributed by atoms with Gasteiger partial charge in [0.15, 0.2) is 0 Å². The molecule has 0 bridgehead atoms. The van der Waals surface area contributed by atoms with Crippen molar-refractivity contribution in [3.05, 3.63) is 53.5 Å². The molecule has 1 N–H and O–H groups in total. The van der Waals surface area contributed by atoms with E-state index in [1.54, 1.807) is 12.1 Å². The van der Waals surface area contributed by atoms with E-state index < -0.39 is 11.9 Å². The van der Waals surface area contributed by atoms with Crippen molar-refractivity contribution in [1.82, 2.24) is 0 Å². The molecule has 0 aliphatic heterocycles. The summed E-state index contributed by atoms with van der Waals surface area (Å²) in [5, 5.41) is 2.65. The Morgan fingerprint density at radius 1 is 1.04 bits per heavy atom. The molecule has 1 aromatic heterocycles. The first kappa shape index (κ1) is 17.3. The Kier molecular flexibility index (Phi) is 5.73. The SMILES string of the molecule is COC(=O)c1cc(NC(=O)CCc2ccco2)cc(C(=O)OC)c1. The minimum Gasteiger partial charge on any atom is -0.469 e. The van der Waals surface area contributed by atoms with Crippen LogP contribution in [0, 0.1) is 0 Å². The highest BCUT2D eigenvalue weighted by atomic mass is 16.5. The number of amides is 1. The first-order valence-electron chi connectivity index (χ1n) is 7.17. The van der Waals surface area contributed by atoms with E-state index in [-0.39, 0.29) is 23.5 Å². The van der Waals surface area contributed by atoms with Gasteiger partial charge in [-0.3, -0.25) is 4.79 Å². The smallest absolute Gasteiger partial charge is 0.337 e. The average Bonchev–Trinajstić information content (AvgIpc) is 3.11. The predicted molar refractivity (Wildman–Crippen MR) is 84.8 cm³/mol. The van der Waals surface area contributed by atoms with Crippen LogP contribution in [0.1, 0.15) is 32.9 Å². The molecule has 0 aliphatic carbocycles. The standard InChI is InChI=1S/C17H17NO6/c1-22-16(20)11-8-12(17(21)23-2)10-13(9-11)18-15(19)6-5-14-4-3-7-24-14/h3-4,7-10H,5-6H2,1-2H3,(H,18,19). The van der Waals surface area contributed by atoms with Crippen LogP contribution in [0.5, 0.6) is 0 Å². The molecule has 2 aromatic rings. The number of benzene rings is 1. The van der Waals surface area contributed by atoms with Crippen molar-refractivity contribution in [2.24, 2.45) is 0 Å². The highest BCUT2D eigenvalue weighted by Crippen LogP contribution is 2.17. The summed E-state index contributed by atoms with van der Waals surface area (Å²) in [7, 11) is 2.46. The van der Waals surface area contributed by atoms with Crippen LogP contribution in [0.15, 0.2) is 41.0 Å². The van der Waals surface area contributed by atoms with Crippen LogP contribution in [0.25, 0.3) is 0 Å². The lowest BCUT2D eigenvalue weighted by atomic mass is 10.1. The van der Waals surface area contributed by atoms with Crippen LogP contribution < -0.4 is 5.32 Å². The summed E-state index contributed by atoms with van der Waals surface area (Å²) in [4.78, 5) is 35.4.